The first-order chi connectivity index (χ1) is 9.39. The molecule has 0 radical (unpaired) electrons. The lowest BCUT2D eigenvalue weighted by molar-refractivity contribution is 0.0765. The number of nitrogens with one attached hydrogen (secondary N) is 1. The number of benzene rings is 1. The molecular formula is C14H20N2O3S. The van der Waals surface area contributed by atoms with Gasteiger partial charge in [-0.1, -0.05) is 6.07 Å². The lowest BCUT2D eigenvalue weighted by Crippen LogP contribution is -2.34. The highest BCUT2D eigenvalue weighted by Crippen LogP contribution is 2.18. The quantitative estimate of drug-likeness (QED) is 0.878. The van der Waals surface area contributed by atoms with Crippen LogP contribution in [0.5, 0.6) is 0 Å². The van der Waals surface area contributed by atoms with Crippen molar-refractivity contribution in [3.05, 3.63) is 29.3 Å². The van der Waals surface area contributed by atoms with Gasteiger partial charge in [-0.2, -0.15) is 0 Å². The first kappa shape index (κ1) is 15.0. The van der Waals surface area contributed by atoms with Crippen molar-refractivity contribution in [2.24, 2.45) is 0 Å². The van der Waals surface area contributed by atoms with Crippen LogP contribution in [0.4, 0.5) is 0 Å². The van der Waals surface area contributed by atoms with Gasteiger partial charge in [-0.25, -0.2) is 8.42 Å². The molecule has 0 bridgehead atoms. The molecule has 1 N–H and O–H groups in total. The van der Waals surface area contributed by atoms with E-state index in [1.165, 1.54) is 6.07 Å². The lowest BCUT2D eigenvalue weighted by atomic mass is 10.1. The Morgan fingerprint density at radius 1 is 1.25 bits per heavy atom. The van der Waals surface area contributed by atoms with Gasteiger partial charge in [0.15, 0.2) is 9.84 Å². The molecule has 1 aliphatic heterocycles. The Bertz CT molecular complexity index is 603. The van der Waals surface area contributed by atoms with Crippen molar-refractivity contribution in [1.82, 2.24) is 10.2 Å². The number of nitrogens with zero attached hydrogens (tertiary/aromatic N) is 1. The first-order valence-corrected chi connectivity index (χ1v) is 8.59. The van der Waals surface area contributed by atoms with Crippen LogP contribution in [-0.2, 0) is 9.84 Å². The van der Waals surface area contributed by atoms with E-state index in [4.69, 9.17) is 0 Å². The second kappa shape index (κ2) is 5.93. The number of rotatable bonds is 2. The number of carbonyl (C=O) groups excluding carboxylic acids is 1. The highest BCUT2D eigenvalue weighted by molar-refractivity contribution is 7.90. The maximum atomic E-state index is 12.6. The Morgan fingerprint density at radius 2 is 2.00 bits per heavy atom. The molecule has 5 nitrogen and oxygen atoms in total. The number of carbonyl (C=O) groups is 1. The van der Waals surface area contributed by atoms with Gasteiger partial charge in [0.1, 0.15) is 0 Å². The zero-order chi connectivity index (χ0) is 14.8. The predicted octanol–water partition coefficient (Wildman–Crippen LogP) is 0.834. The number of hydrogen-bond donors (Lipinski definition) is 1. The van der Waals surface area contributed by atoms with Crippen LogP contribution in [0.25, 0.3) is 0 Å². The standard InChI is InChI=1S/C14H20N2O3S/c1-11-4-5-12(20(2,18)19)10-13(11)14(17)16-8-3-6-15-7-9-16/h4-5,10,15H,3,6-9H2,1-2H3. The number of amides is 1. The fourth-order valence-corrected chi connectivity index (χ4v) is 2.93. The monoisotopic (exact) mass is 296 g/mol. The van der Waals surface area contributed by atoms with Gasteiger partial charge >= 0.3 is 0 Å². The molecule has 20 heavy (non-hydrogen) atoms. The molecule has 0 atom stereocenters. The van der Waals surface area contributed by atoms with Crippen LogP contribution in [0, 0.1) is 6.92 Å². The molecule has 0 unspecified atom stereocenters. The van der Waals surface area contributed by atoms with Crippen LogP contribution in [0.3, 0.4) is 0 Å². The van der Waals surface area contributed by atoms with E-state index in [1.54, 1.807) is 17.0 Å². The van der Waals surface area contributed by atoms with Gasteiger partial charge in [0.25, 0.3) is 5.91 Å². The van der Waals surface area contributed by atoms with E-state index >= 15 is 0 Å². The summed E-state index contributed by atoms with van der Waals surface area (Å²) in [6, 6.07) is 4.73. The van der Waals surface area contributed by atoms with Crippen molar-refractivity contribution < 1.29 is 13.2 Å². The summed E-state index contributed by atoms with van der Waals surface area (Å²) in [5.74, 6) is -0.0864. The Morgan fingerprint density at radius 3 is 2.70 bits per heavy atom. The molecule has 1 heterocycles. The maximum Gasteiger partial charge on any atom is 0.254 e. The van der Waals surface area contributed by atoms with Gasteiger partial charge in [0.2, 0.25) is 0 Å². The van der Waals surface area contributed by atoms with E-state index in [9.17, 15) is 13.2 Å². The minimum atomic E-state index is -3.30. The van der Waals surface area contributed by atoms with Crippen LogP contribution in [-0.4, -0.2) is 51.7 Å². The number of sulfone groups is 1. The van der Waals surface area contributed by atoms with Crippen LogP contribution in [0.15, 0.2) is 23.1 Å². The third-order valence-electron chi connectivity index (χ3n) is 3.49. The summed E-state index contributed by atoms with van der Waals surface area (Å²) in [5, 5.41) is 3.24. The highest BCUT2D eigenvalue weighted by atomic mass is 32.2. The summed E-state index contributed by atoms with van der Waals surface area (Å²) < 4.78 is 23.2. The SMILES string of the molecule is Cc1ccc(S(C)(=O)=O)cc1C(=O)N1CCCNCC1. The molecule has 110 valence electrons. The van der Waals surface area contributed by atoms with Crippen LogP contribution >= 0.6 is 0 Å². The molecule has 6 heteroatoms. The largest absolute Gasteiger partial charge is 0.337 e. The van der Waals surface area contributed by atoms with Gasteiger partial charge in [-0.05, 0) is 37.6 Å². The van der Waals surface area contributed by atoms with E-state index in [-0.39, 0.29) is 10.8 Å². The van der Waals surface area contributed by atoms with E-state index in [0.717, 1.165) is 31.3 Å². The molecule has 0 aliphatic carbocycles. The summed E-state index contributed by atoms with van der Waals surface area (Å²) in [6.45, 7) is 4.87. The first-order valence-electron chi connectivity index (χ1n) is 6.70. The van der Waals surface area contributed by atoms with E-state index in [0.29, 0.717) is 18.7 Å². The summed E-state index contributed by atoms with van der Waals surface area (Å²) in [4.78, 5) is 14.5. The van der Waals surface area contributed by atoms with Crippen molar-refractivity contribution in [2.45, 2.75) is 18.2 Å². The maximum absolute atomic E-state index is 12.6. The summed E-state index contributed by atoms with van der Waals surface area (Å²) in [6.07, 6.45) is 2.07. The van der Waals surface area contributed by atoms with Crippen LogP contribution in [0.1, 0.15) is 22.3 Å². The van der Waals surface area contributed by atoms with Gasteiger partial charge in [0, 0.05) is 31.5 Å². The average molecular weight is 296 g/mol. The Hall–Kier alpha value is -1.40. The average Bonchev–Trinajstić information content (AvgIpc) is 2.66. The molecule has 1 aromatic rings. The van der Waals surface area contributed by atoms with Crippen molar-refractivity contribution in [2.75, 3.05) is 32.4 Å². The number of aryl methyl sites for hydroxylation is 1. The second-order valence-electron chi connectivity index (χ2n) is 5.14. The molecule has 1 amide bonds. The Labute approximate surface area is 119 Å². The number of hydrogen-bond acceptors (Lipinski definition) is 4. The molecule has 2 rings (SSSR count). The van der Waals surface area contributed by atoms with Gasteiger partial charge in [-0.3, -0.25) is 4.79 Å². The van der Waals surface area contributed by atoms with Gasteiger partial charge in [0.05, 0.1) is 4.90 Å². The normalized spacial score (nSPS) is 16.8. The molecular weight excluding hydrogens is 276 g/mol. The van der Waals surface area contributed by atoms with E-state index in [2.05, 4.69) is 5.32 Å². The molecule has 1 aromatic carbocycles. The third kappa shape index (κ3) is 3.37. The van der Waals surface area contributed by atoms with E-state index < -0.39 is 9.84 Å². The van der Waals surface area contributed by atoms with Crippen molar-refractivity contribution in [1.29, 1.82) is 0 Å². The lowest BCUT2D eigenvalue weighted by Gasteiger charge is -2.21. The Kier molecular flexibility index (Phi) is 4.45. The molecule has 0 aromatic heterocycles. The van der Waals surface area contributed by atoms with Crippen LogP contribution in [0.2, 0.25) is 0 Å². The predicted molar refractivity (Wildman–Crippen MR) is 77.7 cm³/mol. The summed E-state index contributed by atoms with van der Waals surface area (Å²) >= 11 is 0. The molecule has 0 saturated carbocycles. The van der Waals surface area contributed by atoms with E-state index in [1.807, 2.05) is 6.92 Å². The van der Waals surface area contributed by atoms with Crippen molar-refractivity contribution >= 4 is 15.7 Å². The fourth-order valence-electron chi connectivity index (χ4n) is 2.28. The smallest absolute Gasteiger partial charge is 0.254 e. The topological polar surface area (TPSA) is 66.5 Å². The van der Waals surface area contributed by atoms with Gasteiger partial charge in [-0.15, -0.1) is 0 Å². The van der Waals surface area contributed by atoms with Crippen molar-refractivity contribution in [3.8, 4) is 0 Å². The Balaban J connectivity index is 2.33. The third-order valence-corrected chi connectivity index (χ3v) is 4.61. The zero-order valence-corrected chi connectivity index (χ0v) is 12.7. The molecule has 1 aliphatic rings. The fraction of sp³-hybridized carbons (Fsp3) is 0.500. The molecule has 1 saturated heterocycles. The molecule has 0 spiro atoms. The summed E-state index contributed by atoms with van der Waals surface area (Å²) in [5.41, 5.74) is 1.29. The second-order valence-corrected chi connectivity index (χ2v) is 7.16. The summed E-state index contributed by atoms with van der Waals surface area (Å²) in [7, 11) is -3.30. The van der Waals surface area contributed by atoms with Gasteiger partial charge < -0.3 is 10.2 Å². The minimum Gasteiger partial charge on any atom is -0.337 e. The highest BCUT2D eigenvalue weighted by Gasteiger charge is 2.20. The zero-order valence-electron chi connectivity index (χ0n) is 11.8. The van der Waals surface area contributed by atoms with Crippen LogP contribution < -0.4 is 5.32 Å². The van der Waals surface area contributed by atoms with Crippen molar-refractivity contribution in [3.63, 3.8) is 0 Å². The molecule has 1 fully saturated rings. The minimum absolute atomic E-state index is 0.0864.